The fourth-order valence-corrected chi connectivity index (χ4v) is 2.52. The van der Waals surface area contributed by atoms with Gasteiger partial charge in [-0.2, -0.15) is 11.8 Å². The van der Waals surface area contributed by atoms with Gasteiger partial charge in [0.25, 0.3) is 0 Å². The summed E-state index contributed by atoms with van der Waals surface area (Å²) < 4.78 is 0. The molecule has 1 aromatic heterocycles. The zero-order chi connectivity index (χ0) is 11.1. The maximum atomic E-state index is 4.29. The van der Waals surface area contributed by atoms with Crippen molar-refractivity contribution in [2.45, 2.75) is 26.0 Å². The summed E-state index contributed by atoms with van der Waals surface area (Å²) >= 11 is 1.98. The Morgan fingerprint density at radius 1 is 1.47 bits per heavy atom. The number of nitrogens with zero attached hydrogens (tertiary/aromatic N) is 1. The first-order valence-corrected chi connectivity index (χ1v) is 6.59. The molecule has 3 heteroatoms. The molecule has 0 saturated heterocycles. The van der Waals surface area contributed by atoms with Crippen molar-refractivity contribution in [3.63, 3.8) is 0 Å². The molecule has 0 amide bonds. The number of thioether (sulfide) groups is 1. The summed E-state index contributed by atoms with van der Waals surface area (Å²) in [6.45, 7) is 4.54. The summed E-state index contributed by atoms with van der Waals surface area (Å²) in [6, 6.07) is 4.14. The van der Waals surface area contributed by atoms with Crippen LogP contribution >= 0.6 is 11.8 Å². The predicted molar refractivity (Wildman–Crippen MR) is 69.4 cm³/mol. The van der Waals surface area contributed by atoms with Gasteiger partial charge >= 0.3 is 0 Å². The van der Waals surface area contributed by atoms with E-state index in [-0.39, 0.29) is 0 Å². The standard InChI is InChI=1S/C12H20N2S/c1-10(2)6-8-15-9-11-5-4-7-14-12(11)13-3/h4-5,7,10H,6,8-9H2,1-3H3,(H,13,14). The highest BCUT2D eigenvalue weighted by atomic mass is 32.2. The van der Waals surface area contributed by atoms with Gasteiger partial charge in [-0.05, 0) is 24.2 Å². The molecule has 0 radical (unpaired) electrons. The van der Waals surface area contributed by atoms with E-state index in [2.05, 4.69) is 30.2 Å². The van der Waals surface area contributed by atoms with Gasteiger partial charge in [-0.1, -0.05) is 19.9 Å². The molecule has 0 aromatic carbocycles. The number of nitrogens with one attached hydrogen (secondary N) is 1. The topological polar surface area (TPSA) is 24.9 Å². The van der Waals surface area contributed by atoms with E-state index in [1.807, 2.05) is 31.1 Å². The molecule has 15 heavy (non-hydrogen) atoms. The van der Waals surface area contributed by atoms with Crippen LogP contribution in [-0.4, -0.2) is 17.8 Å². The first kappa shape index (κ1) is 12.4. The molecule has 0 aliphatic heterocycles. The highest BCUT2D eigenvalue weighted by molar-refractivity contribution is 7.98. The minimum Gasteiger partial charge on any atom is -0.373 e. The van der Waals surface area contributed by atoms with Crippen LogP contribution in [0.25, 0.3) is 0 Å². The fourth-order valence-electron chi connectivity index (χ4n) is 1.28. The van der Waals surface area contributed by atoms with Gasteiger partial charge in [-0.15, -0.1) is 0 Å². The Balaban J connectivity index is 2.36. The molecule has 2 nitrogen and oxygen atoms in total. The molecular weight excluding hydrogens is 204 g/mol. The van der Waals surface area contributed by atoms with Crippen molar-refractivity contribution in [3.8, 4) is 0 Å². The molecule has 0 unspecified atom stereocenters. The van der Waals surface area contributed by atoms with Crippen LogP contribution in [0.5, 0.6) is 0 Å². The number of aromatic nitrogens is 1. The molecule has 0 spiro atoms. The van der Waals surface area contributed by atoms with Crippen LogP contribution in [0.15, 0.2) is 18.3 Å². The normalized spacial score (nSPS) is 10.7. The Labute approximate surface area is 96.9 Å². The molecule has 0 fully saturated rings. The van der Waals surface area contributed by atoms with E-state index in [0.717, 1.165) is 17.5 Å². The Morgan fingerprint density at radius 3 is 2.93 bits per heavy atom. The average Bonchev–Trinajstić information content (AvgIpc) is 2.24. The van der Waals surface area contributed by atoms with Gasteiger partial charge in [0, 0.05) is 24.6 Å². The Kier molecular flexibility index (Phi) is 5.54. The second kappa shape index (κ2) is 6.72. The molecule has 1 N–H and O–H groups in total. The van der Waals surface area contributed by atoms with Crippen molar-refractivity contribution in [2.75, 3.05) is 18.1 Å². The van der Waals surface area contributed by atoms with E-state index in [0.29, 0.717) is 0 Å². The molecule has 1 heterocycles. The third kappa shape index (κ3) is 4.56. The smallest absolute Gasteiger partial charge is 0.129 e. The maximum absolute atomic E-state index is 4.29. The van der Waals surface area contributed by atoms with Gasteiger partial charge in [0.2, 0.25) is 0 Å². The summed E-state index contributed by atoms with van der Waals surface area (Å²) in [5.41, 5.74) is 1.30. The summed E-state index contributed by atoms with van der Waals surface area (Å²) in [5, 5.41) is 3.12. The first-order chi connectivity index (χ1) is 7.24. The lowest BCUT2D eigenvalue weighted by Gasteiger charge is -2.08. The zero-order valence-corrected chi connectivity index (χ0v) is 10.6. The van der Waals surface area contributed by atoms with Crippen LogP contribution in [0.3, 0.4) is 0 Å². The Hall–Kier alpha value is -0.700. The van der Waals surface area contributed by atoms with Gasteiger partial charge in [0.05, 0.1) is 0 Å². The summed E-state index contributed by atoms with van der Waals surface area (Å²) in [7, 11) is 1.92. The molecule has 84 valence electrons. The summed E-state index contributed by atoms with van der Waals surface area (Å²) in [6.07, 6.45) is 3.12. The average molecular weight is 224 g/mol. The summed E-state index contributed by atoms with van der Waals surface area (Å²) in [5.74, 6) is 4.09. The molecule has 0 atom stereocenters. The van der Waals surface area contributed by atoms with Gasteiger partial charge in [0.15, 0.2) is 0 Å². The number of anilines is 1. The van der Waals surface area contributed by atoms with E-state index >= 15 is 0 Å². The van der Waals surface area contributed by atoms with Gasteiger partial charge in [0.1, 0.15) is 5.82 Å². The van der Waals surface area contributed by atoms with Crippen molar-refractivity contribution in [1.82, 2.24) is 4.98 Å². The van der Waals surface area contributed by atoms with Crippen LogP contribution < -0.4 is 5.32 Å². The highest BCUT2D eigenvalue weighted by Gasteiger charge is 2.01. The molecule has 1 rings (SSSR count). The van der Waals surface area contributed by atoms with Crippen molar-refractivity contribution in [3.05, 3.63) is 23.9 Å². The van der Waals surface area contributed by atoms with Crippen LogP contribution in [0.1, 0.15) is 25.8 Å². The fraction of sp³-hybridized carbons (Fsp3) is 0.583. The number of hydrogen-bond acceptors (Lipinski definition) is 3. The zero-order valence-electron chi connectivity index (χ0n) is 9.79. The quantitative estimate of drug-likeness (QED) is 0.750. The first-order valence-electron chi connectivity index (χ1n) is 5.43. The third-order valence-corrected chi connectivity index (χ3v) is 3.26. The molecule has 1 aromatic rings. The molecular formula is C12H20N2S. The van der Waals surface area contributed by atoms with Crippen LogP contribution in [0.4, 0.5) is 5.82 Å². The number of rotatable bonds is 6. The Morgan fingerprint density at radius 2 is 2.27 bits per heavy atom. The second-order valence-electron chi connectivity index (χ2n) is 4.00. The second-order valence-corrected chi connectivity index (χ2v) is 5.10. The van der Waals surface area contributed by atoms with Crippen molar-refractivity contribution >= 4 is 17.6 Å². The predicted octanol–water partition coefficient (Wildman–Crippen LogP) is 3.40. The van der Waals surface area contributed by atoms with E-state index in [9.17, 15) is 0 Å². The molecule has 0 aliphatic rings. The van der Waals surface area contributed by atoms with Gasteiger partial charge in [-0.3, -0.25) is 0 Å². The number of hydrogen-bond donors (Lipinski definition) is 1. The van der Waals surface area contributed by atoms with Gasteiger partial charge in [-0.25, -0.2) is 4.98 Å². The lowest BCUT2D eigenvalue weighted by atomic mass is 10.2. The molecule has 0 bridgehead atoms. The minimum atomic E-state index is 0.801. The van der Waals surface area contributed by atoms with E-state index in [1.54, 1.807) is 0 Å². The largest absolute Gasteiger partial charge is 0.373 e. The Bertz CT molecular complexity index is 287. The van der Waals surface area contributed by atoms with E-state index in [4.69, 9.17) is 0 Å². The third-order valence-electron chi connectivity index (χ3n) is 2.23. The number of pyridine rings is 1. The summed E-state index contributed by atoms with van der Waals surface area (Å²) in [4.78, 5) is 4.29. The minimum absolute atomic E-state index is 0.801. The molecule has 0 saturated carbocycles. The van der Waals surface area contributed by atoms with Crippen LogP contribution in [0.2, 0.25) is 0 Å². The van der Waals surface area contributed by atoms with Crippen molar-refractivity contribution < 1.29 is 0 Å². The molecule has 0 aliphatic carbocycles. The van der Waals surface area contributed by atoms with Gasteiger partial charge < -0.3 is 5.32 Å². The van der Waals surface area contributed by atoms with E-state index in [1.165, 1.54) is 17.7 Å². The van der Waals surface area contributed by atoms with E-state index < -0.39 is 0 Å². The monoisotopic (exact) mass is 224 g/mol. The SMILES string of the molecule is CNc1ncccc1CSCCC(C)C. The van der Waals surface area contributed by atoms with Crippen LogP contribution in [0, 0.1) is 5.92 Å². The van der Waals surface area contributed by atoms with Crippen LogP contribution in [-0.2, 0) is 5.75 Å². The lowest BCUT2D eigenvalue weighted by Crippen LogP contribution is -1.97. The highest BCUT2D eigenvalue weighted by Crippen LogP contribution is 2.19. The van der Waals surface area contributed by atoms with Crippen molar-refractivity contribution in [2.24, 2.45) is 5.92 Å². The maximum Gasteiger partial charge on any atom is 0.129 e. The lowest BCUT2D eigenvalue weighted by molar-refractivity contribution is 0.632. The van der Waals surface area contributed by atoms with Crippen molar-refractivity contribution in [1.29, 1.82) is 0 Å².